The number of nitrogens with one attached hydrogen (secondary N) is 1. The van der Waals surface area contributed by atoms with E-state index in [-0.39, 0.29) is 17.9 Å². The van der Waals surface area contributed by atoms with Crippen molar-refractivity contribution in [3.05, 3.63) is 36.1 Å². The van der Waals surface area contributed by atoms with Crippen LogP contribution in [-0.2, 0) is 4.79 Å². The highest BCUT2D eigenvalue weighted by molar-refractivity contribution is 5.96. The molecule has 1 aliphatic heterocycles. The summed E-state index contributed by atoms with van der Waals surface area (Å²) in [4.78, 5) is 26.1. The number of nitrogens with zero attached hydrogens (tertiary/aromatic N) is 1. The molecule has 0 spiro atoms. The van der Waals surface area contributed by atoms with E-state index in [1.807, 2.05) is 24.3 Å². The van der Waals surface area contributed by atoms with Gasteiger partial charge in [0.2, 0.25) is 5.91 Å². The van der Waals surface area contributed by atoms with Gasteiger partial charge in [-0.3, -0.25) is 9.59 Å². The molecule has 0 bridgehead atoms. The van der Waals surface area contributed by atoms with E-state index in [0.717, 1.165) is 18.2 Å². The van der Waals surface area contributed by atoms with Crippen LogP contribution in [0.15, 0.2) is 34.7 Å². The number of carbonyl (C=O) groups is 2. The molecular weight excluding hydrogens is 294 g/mol. The maximum absolute atomic E-state index is 12.4. The maximum atomic E-state index is 12.4. The van der Waals surface area contributed by atoms with Crippen molar-refractivity contribution in [2.45, 2.75) is 31.8 Å². The van der Waals surface area contributed by atoms with Gasteiger partial charge in [-0.1, -0.05) is 18.2 Å². The number of carbonyl (C=O) groups excluding carboxylic acids is 2. The topological polar surface area (TPSA) is 88.6 Å². The molecule has 0 aliphatic carbocycles. The van der Waals surface area contributed by atoms with Crippen molar-refractivity contribution in [2.24, 2.45) is 5.73 Å². The molecular formula is C17H21N3O3. The molecule has 23 heavy (non-hydrogen) atoms. The lowest BCUT2D eigenvalue weighted by molar-refractivity contribution is -0.133. The van der Waals surface area contributed by atoms with Gasteiger partial charge >= 0.3 is 0 Å². The second-order valence-electron chi connectivity index (χ2n) is 6.03. The molecule has 3 N–H and O–H groups in total. The van der Waals surface area contributed by atoms with Crippen molar-refractivity contribution in [3.63, 3.8) is 0 Å². The number of benzene rings is 1. The summed E-state index contributed by atoms with van der Waals surface area (Å²) in [6, 6.07) is 8.64. The second-order valence-corrected chi connectivity index (χ2v) is 6.03. The summed E-state index contributed by atoms with van der Waals surface area (Å²) in [7, 11) is 0. The Morgan fingerprint density at radius 2 is 2.17 bits per heavy atom. The van der Waals surface area contributed by atoms with Crippen LogP contribution in [0.25, 0.3) is 11.0 Å². The van der Waals surface area contributed by atoms with E-state index in [1.54, 1.807) is 17.9 Å². The Morgan fingerprint density at radius 3 is 2.91 bits per heavy atom. The Kier molecular flexibility index (Phi) is 4.34. The Bertz CT molecular complexity index is 690. The van der Waals surface area contributed by atoms with Crippen LogP contribution in [0.3, 0.4) is 0 Å². The van der Waals surface area contributed by atoms with E-state index in [1.165, 1.54) is 0 Å². The smallest absolute Gasteiger partial charge is 0.287 e. The molecule has 2 amide bonds. The normalized spacial score (nSPS) is 19.6. The van der Waals surface area contributed by atoms with Crippen LogP contribution < -0.4 is 11.1 Å². The third-order valence-corrected chi connectivity index (χ3v) is 4.11. The molecule has 1 unspecified atom stereocenters. The van der Waals surface area contributed by atoms with Crippen LogP contribution in [0.1, 0.15) is 30.3 Å². The molecule has 3 rings (SSSR count). The lowest BCUT2D eigenvalue weighted by atomic mass is 10.0. The van der Waals surface area contributed by atoms with Gasteiger partial charge in [0, 0.05) is 24.5 Å². The molecule has 2 atom stereocenters. The zero-order valence-corrected chi connectivity index (χ0v) is 13.1. The number of hydrogen-bond donors (Lipinski definition) is 2. The number of likely N-dealkylation sites (tertiary alicyclic amines) is 1. The molecule has 0 saturated carbocycles. The zero-order valence-electron chi connectivity index (χ0n) is 13.1. The highest BCUT2D eigenvalue weighted by Crippen LogP contribution is 2.19. The fraction of sp³-hybridized carbons (Fsp3) is 0.412. The summed E-state index contributed by atoms with van der Waals surface area (Å²) < 4.78 is 5.57. The van der Waals surface area contributed by atoms with E-state index >= 15 is 0 Å². The van der Waals surface area contributed by atoms with Crippen LogP contribution in [0.2, 0.25) is 0 Å². The summed E-state index contributed by atoms with van der Waals surface area (Å²) in [6.07, 6.45) is 1.69. The molecule has 1 saturated heterocycles. The number of hydrogen-bond acceptors (Lipinski definition) is 4. The fourth-order valence-electron chi connectivity index (χ4n) is 2.93. The second kappa shape index (κ2) is 6.42. The zero-order chi connectivity index (χ0) is 16.4. The summed E-state index contributed by atoms with van der Waals surface area (Å²) >= 11 is 0. The van der Waals surface area contributed by atoms with Gasteiger partial charge in [0.15, 0.2) is 5.76 Å². The van der Waals surface area contributed by atoms with Gasteiger partial charge in [-0.25, -0.2) is 0 Å². The summed E-state index contributed by atoms with van der Waals surface area (Å²) in [5.74, 6) is -0.0316. The first-order chi connectivity index (χ1) is 11.0. The Morgan fingerprint density at radius 1 is 1.39 bits per heavy atom. The quantitative estimate of drug-likeness (QED) is 0.898. The van der Waals surface area contributed by atoms with Crippen LogP contribution in [0.5, 0.6) is 0 Å². The third kappa shape index (κ3) is 3.37. The molecule has 1 aromatic carbocycles. The van der Waals surface area contributed by atoms with Gasteiger partial charge in [-0.05, 0) is 31.9 Å². The minimum absolute atomic E-state index is 0.0762. The first kappa shape index (κ1) is 15.6. The van der Waals surface area contributed by atoms with Gasteiger partial charge < -0.3 is 20.4 Å². The average molecular weight is 315 g/mol. The fourth-order valence-corrected chi connectivity index (χ4v) is 2.93. The van der Waals surface area contributed by atoms with Gasteiger partial charge in [0.05, 0.1) is 6.04 Å². The third-order valence-electron chi connectivity index (χ3n) is 4.11. The summed E-state index contributed by atoms with van der Waals surface area (Å²) in [6.45, 7) is 2.86. The van der Waals surface area contributed by atoms with E-state index in [9.17, 15) is 9.59 Å². The predicted molar refractivity (Wildman–Crippen MR) is 86.9 cm³/mol. The van der Waals surface area contributed by atoms with Crippen molar-refractivity contribution in [3.8, 4) is 0 Å². The molecule has 122 valence electrons. The number of fused-ring (bicyclic) bond motifs is 1. The number of furan rings is 1. The van der Waals surface area contributed by atoms with Crippen molar-refractivity contribution in [1.82, 2.24) is 10.2 Å². The predicted octanol–water partition coefficient (Wildman–Crippen LogP) is 1.50. The van der Waals surface area contributed by atoms with E-state index in [4.69, 9.17) is 10.2 Å². The average Bonchev–Trinajstić information content (AvgIpc) is 2.98. The lowest BCUT2D eigenvalue weighted by Gasteiger charge is -2.33. The molecule has 6 heteroatoms. The van der Waals surface area contributed by atoms with Gasteiger partial charge in [-0.15, -0.1) is 0 Å². The van der Waals surface area contributed by atoms with E-state index in [0.29, 0.717) is 24.4 Å². The summed E-state index contributed by atoms with van der Waals surface area (Å²) in [5, 5.41) is 3.85. The van der Waals surface area contributed by atoms with Crippen LogP contribution in [-0.4, -0.2) is 41.9 Å². The van der Waals surface area contributed by atoms with Crippen LogP contribution in [0, 0.1) is 0 Å². The first-order valence-electron chi connectivity index (χ1n) is 7.88. The molecule has 1 fully saturated rings. The minimum atomic E-state index is -0.514. The number of rotatable bonds is 3. The van der Waals surface area contributed by atoms with Gasteiger partial charge in [0.1, 0.15) is 5.58 Å². The minimum Gasteiger partial charge on any atom is -0.451 e. The SMILES string of the molecule is C[C@@H](N)C(=O)N1CCCC(NC(=O)c2cc3ccccc3o2)C1. The number of nitrogens with two attached hydrogens (primary N) is 1. The van der Waals surface area contributed by atoms with Crippen molar-refractivity contribution < 1.29 is 14.0 Å². The van der Waals surface area contributed by atoms with Crippen molar-refractivity contribution in [1.29, 1.82) is 0 Å². The lowest BCUT2D eigenvalue weighted by Crippen LogP contribution is -2.52. The van der Waals surface area contributed by atoms with Gasteiger partial charge in [0.25, 0.3) is 5.91 Å². The first-order valence-corrected chi connectivity index (χ1v) is 7.88. The molecule has 1 aromatic heterocycles. The number of piperidine rings is 1. The standard InChI is InChI=1S/C17H21N3O3/c1-11(18)17(22)20-8-4-6-13(10-20)19-16(21)15-9-12-5-2-3-7-14(12)23-15/h2-3,5,7,9,11,13H,4,6,8,10,18H2,1H3,(H,19,21)/t11-,13?/m1/s1. The van der Waals surface area contributed by atoms with Crippen molar-refractivity contribution >= 4 is 22.8 Å². The Balaban J connectivity index is 1.66. The molecule has 0 radical (unpaired) electrons. The van der Waals surface area contributed by atoms with E-state index in [2.05, 4.69) is 5.32 Å². The number of amides is 2. The van der Waals surface area contributed by atoms with E-state index < -0.39 is 6.04 Å². The molecule has 6 nitrogen and oxygen atoms in total. The molecule has 2 aromatic rings. The monoisotopic (exact) mass is 315 g/mol. The Labute approximate surface area is 134 Å². The largest absolute Gasteiger partial charge is 0.451 e. The van der Waals surface area contributed by atoms with Crippen molar-refractivity contribution in [2.75, 3.05) is 13.1 Å². The highest BCUT2D eigenvalue weighted by Gasteiger charge is 2.27. The Hall–Kier alpha value is -2.34. The maximum Gasteiger partial charge on any atom is 0.287 e. The van der Waals surface area contributed by atoms with Crippen LogP contribution >= 0.6 is 0 Å². The highest BCUT2D eigenvalue weighted by atomic mass is 16.3. The molecule has 2 heterocycles. The van der Waals surface area contributed by atoms with Crippen LogP contribution in [0.4, 0.5) is 0 Å². The number of para-hydroxylation sites is 1. The summed E-state index contributed by atoms with van der Waals surface area (Å²) in [5.41, 5.74) is 6.34. The molecule has 1 aliphatic rings. The van der Waals surface area contributed by atoms with Gasteiger partial charge in [-0.2, -0.15) is 0 Å².